The zero-order chi connectivity index (χ0) is 17.7. The Kier molecular flexibility index (Phi) is 5.69. The van der Waals surface area contributed by atoms with Crippen LogP contribution in [0.2, 0.25) is 0 Å². The molecule has 0 unspecified atom stereocenters. The van der Waals surface area contributed by atoms with Gasteiger partial charge in [0.2, 0.25) is 15.9 Å². The number of amides is 1. The zero-order valence-electron chi connectivity index (χ0n) is 13.5. The SMILES string of the molecule is Cc1cc(C)cc(NC(=O)CCNS(=O)(=O)c2ccc(F)cc2)c1. The molecule has 2 aromatic carbocycles. The van der Waals surface area contributed by atoms with E-state index in [0.717, 1.165) is 23.3 Å². The molecule has 2 aromatic rings. The van der Waals surface area contributed by atoms with E-state index in [-0.39, 0.29) is 23.8 Å². The summed E-state index contributed by atoms with van der Waals surface area (Å²) in [4.78, 5) is 11.9. The van der Waals surface area contributed by atoms with Gasteiger partial charge in [0.1, 0.15) is 5.82 Å². The van der Waals surface area contributed by atoms with E-state index in [2.05, 4.69) is 10.0 Å². The van der Waals surface area contributed by atoms with Crippen molar-refractivity contribution < 1.29 is 17.6 Å². The van der Waals surface area contributed by atoms with Crippen LogP contribution in [0.5, 0.6) is 0 Å². The minimum absolute atomic E-state index is 0.00653. The highest BCUT2D eigenvalue weighted by molar-refractivity contribution is 7.89. The van der Waals surface area contributed by atoms with Crippen molar-refractivity contribution in [3.05, 3.63) is 59.4 Å². The minimum Gasteiger partial charge on any atom is -0.326 e. The topological polar surface area (TPSA) is 75.3 Å². The highest BCUT2D eigenvalue weighted by Crippen LogP contribution is 2.14. The third-order valence-corrected chi connectivity index (χ3v) is 4.75. The number of rotatable bonds is 6. The van der Waals surface area contributed by atoms with Crippen molar-refractivity contribution in [1.29, 1.82) is 0 Å². The number of aryl methyl sites for hydroxylation is 2. The van der Waals surface area contributed by atoms with E-state index in [1.807, 2.05) is 32.0 Å². The van der Waals surface area contributed by atoms with Crippen LogP contribution in [0.1, 0.15) is 17.5 Å². The van der Waals surface area contributed by atoms with E-state index in [9.17, 15) is 17.6 Å². The number of halogens is 1. The summed E-state index contributed by atoms with van der Waals surface area (Å²) >= 11 is 0. The smallest absolute Gasteiger partial charge is 0.240 e. The van der Waals surface area contributed by atoms with Crippen LogP contribution < -0.4 is 10.0 Å². The van der Waals surface area contributed by atoms with Crippen molar-refractivity contribution >= 4 is 21.6 Å². The molecule has 0 aliphatic heterocycles. The first-order valence-corrected chi connectivity index (χ1v) is 8.88. The van der Waals surface area contributed by atoms with Gasteiger partial charge in [0.25, 0.3) is 0 Å². The molecule has 0 saturated carbocycles. The number of hydrogen-bond acceptors (Lipinski definition) is 3. The third-order valence-electron chi connectivity index (χ3n) is 3.27. The fourth-order valence-electron chi connectivity index (χ4n) is 2.27. The Morgan fingerprint density at radius 1 is 1.04 bits per heavy atom. The Hall–Kier alpha value is -2.25. The van der Waals surface area contributed by atoms with Crippen molar-refractivity contribution in [2.75, 3.05) is 11.9 Å². The van der Waals surface area contributed by atoms with Gasteiger partial charge in [0.15, 0.2) is 0 Å². The largest absolute Gasteiger partial charge is 0.326 e. The lowest BCUT2D eigenvalue weighted by molar-refractivity contribution is -0.116. The first kappa shape index (κ1) is 18.1. The Morgan fingerprint density at radius 2 is 1.62 bits per heavy atom. The quantitative estimate of drug-likeness (QED) is 0.841. The summed E-state index contributed by atoms with van der Waals surface area (Å²) in [6.45, 7) is 3.81. The van der Waals surface area contributed by atoms with E-state index in [0.29, 0.717) is 5.69 Å². The summed E-state index contributed by atoms with van der Waals surface area (Å²) in [6, 6.07) is 10.2. The minimum atomic E-state index is -3.76. The maximum absolute atomic E-state index is 12.8. The lowest BCUT2D eigenvalue weighted by atomic mass is 10.1. The van der Waals surface area contributed by atoms with Crippen LogP contribution in [0.3, 0.4) is 0 Å². The molecule has 2 N–H and O–H groups in total. The van der Waals surface area contributed by atoms with Gasteiger partial charge in [-0.25, -0.2) is 17.5 Å². The molecule has 0 saturated heterocycles. The predicted molar refractivity (Wildman–Crippen MR) is 90.8 cm³/mol. The van der Waals surface area contributed by atoms with Gasteiger partial charge in [-0.2, -0.15) is 0 Å². The molecule has 1 amide bonds. The van der Waals surface area contributed by atoms with Gasteiger partial charge in [-0.3, -0.25) is 4.79 Å². The monoisotopic (exact) mass is 350 g/mol. The van der Waals surface area contributed by atoms with E-state index in [1.165, 1.54) is 12.1 Å². The lowest BCUT2D eigenvalue weighted by Gasteiger charge is -2.09. The Bertz CT molecular complexity index is 813. The van der Waals surface area contributed by atoms with Crippen LogP contribution >= 0.6 is 0 Å². The molecule has 5 nitrogen and oxygen atoms in total. The molecule has 0 bridgehead atoms. The number of anilines is 1. The fraction of sp³-hybridized carbons (Fsp3) is 0.235. The molecule has 128 valence electrons. The Balaban J connectivity index is 1.89. The number of carbonyl (C=O) groups is 1. The zero-order valence-corrected chi connectivity index (χ0v) is 14.3. The second kappa shape index (κ2) is 7.55. The van der Waals surface area contributed by atoms with Crippen LogP contribution in [0.25, 0.3) is 0 Å². The molecule has 7 heteroatoms. The van der Waals surface area contributed by atoms with Gasteiger partial charge in [0, 0.05) is 18.7 Å². The second-order valence-electron chi connectivity index (χ2n) is 5.53. The molecule has 24 heavy (non-hydrogen) atoms. The Morgan fingerprint density at radius 3 is 2.21 bits per heavy atom. The summed E-state index contributed by atoms with van der Waals surface area (Å²) < 4.78 is 39.2. The maximum Gasteiger partial charge on any atom is 0.240 e. The highest BCUT2D eigenvalue weighted by atomic mass is 32.2. The van der Waals surface area contributed by atoms with E-state index >= 15 is 0 Å². The van der Waals surface area contributed by atoms with Gasteiger partial charge < -0.3 is 5.32 Å². The first-order valence-electron chi connectivity index (χ1n) is 7.40. The molecule has 0 radical (unpaired) electrons. The summed E-state index contributed by atoms with van der Waals surface area (Å²) in [6.07, 6.45) is -0.00653. The molecule has 0 aliphatic rings. The molecule has 0 spiro atoms. The van der Waals surface area contributed by atoms with Gasteiger partial charge >= 0.3 is 0 Å². The molecule has 0 fully saturated rings. The van der Waals surface area contributed by atoms with E-state index < -0.39 is 15.8 Å². The van der Waals surface area contributed by atoms with Crippen LogP contribution in [-0.4, -0.2) is 20.9 Å². The number of sulfonamides is 1. The molecular formula is C17H19FN2O3S. The second-order valence-corrected chi connectivity index (χ2v) is 7.29. The Labute approximate surface area is 141 Å². The number of nitrogens with one attached hydrogen (secondary N) is 2. The third kappa shape index (κ3) is 5.14. The van der Waals surface area contributed by atoms with Crippen molar-refractivity contribution in [2.45, 2.75) is 25.2 Å². The summed E-state index contributed by atoms with van der Waals surface area (Å²) in [5.41, 5.74) is 2.74. The molecule has 2 rings (SSSR count). The summed E-state index contributed by atoms with van der Waals surface area (Å²) in [7, 11) is -3.76. The van der Waals surface area contributed by atoms with E-state index in [4.69, 9.17) is 0 Å². The van der Waals surface area contributed by atoms with Crippen molar-refractivity contribution in [3.63, 3.8) is 0 Å². The van der Waals surface area contributed by atoms with E-state index in [1.54, 1.807) is 0 Å². The van der Waals surface area contributed by atoms with Crippen LogP contribution in [0.15, 0.2) is 47.4 Å². The normalized spacial score (nSPS) is 11.3. The average Bonchev–Trinajstić information content (AvgIpc) is 2.46. The van der Waals surface area contributed by atoms with Gasteiger partial charge in [-0.15, -0.1) is 0 Å². The molecular weight excluding hydrogens is 331 g/mol. The molecule has 0 aliphatic carbocycles. The van der Waals surface area contributed by atoms with Crippen LogP contribution in [-0.2, 0) is 14.8 Å². The highest BCUT2D eigenvalue weighted by Gasteiger charge is 2.14. The first-order chi connectivity index (χ1) is 11.3. The van der Waals surface area contributed by atoms with Crippen molar-refractivity contribution in [3.8, 4) is 0 Å². The molecule has 0 atom stereocenters. The van der Waals surface area contributed by atoms with Crippen LogP contribution in [0.4, 0.5) is 10.1 Å². The van der Waals surface area contributed by atoms with Crippen LogP contribution in [0, 0.1) is 19.7 Å². The van der Waals surface area contributed by atoms with Crippen molar-refractivity contribution in [1.82, 2.24) is 4.72 Å². The molecule has 0 aromatic heterocycles. The number of benzene rings is 2. The molecule has 0 heterocycles. The van der Waals surface area contributed by atoms with Gasteiger partial charge in [-0.1, -0.05) is 6.07 Å². The van der Waals surface area contributed by atoms with Gasteiger partial charge in [0.05, 0.1) is 4.90 Å². The van der Waals surface area contributed by atoms with Gasteiger partial charge in [-0.05, 0) is 61.4 Å². The maximum atomic E-state index is 12.8. The van der Waals surface area contributed by atoms with Crippen molar-refractivity contribution in [2.24, 2.45) is 0 Å². The standard InChI is InChI=1S/C17H19FN2O3S/c1-12-9-13(2)11-15(10-12)20-17(21)7-8-19-24(22,23)16-5-3-14(18)4-6-16/h3-6,9-11,19H,7-8H2,1-2H3,(H,20,21). The predicted octanol–water partition coefficient (Wildman–Crippen LogP) is 2.75. The number of carbonyl (C=O) groups excluding carboxylic acids is 1. The number of hydrogen-bond donors (Lipinski definition) is 2. The summed E-state index contributed by atoms with van der Waals surface area (Å²) in [5, 5.41) is 2.73. The summed E-state index contributed by atoms with van der Waals surface area (Å²) in [5.74, 6) is -0.802. The average molecular weight is 350 g/mol. The lowest BCUT2D eigenvalue weighted by Crippen LogP contribution is -2.27. The fourth-order valence-corrected chi connectivity index (χ4v) is 3.30.